The summed E-state index contributed by atoms with van der Waals surface area (Å²) in [6, 6.07) is 6.65. The molecule has 9 heteroatoms. The Bertz CT molecular complexity index is 777. The third-order valence-electron chi connectivity index (χ3n) is 5.78. The number of methoxy groups -OCH3 is 1. The molecular formula is C23H36N4O5. The largest absolute Gasteiger partial charge is 0.497 e. The molecule has 4 amide bonds. The Kier molecular flexibility index (Phi) is 9.77. The number of nitrogens with zero attached hydrogens (tertiary/aromatic N) is 1. The summed E-state index contributed by atoms with van der Waals surface area (Å²) < 4.78 is 5.15. The maximum absolute atomic E-state index is 12.9. The lowest BCUT2D eigenvalue weighted by molar-refractivity contribution is -0.140. The fraction of sp³-hybridized carbons (Fsp3) is 0.609. The summed E-state index contributed by atoms with van der Waals surface area (Å²) >= 11 is 0. The molecule has 1 aliphatic rings. The van der Waals surface area contributed by atoms with Crippen molar-refractivity contribution in [3.8, 4) is 5.75 Å². The van der Waals surface area contributed by atoms with Crippen LogP contribution < -0.4 is 20.9 Å². The molecule has 1 aromatic carbocycles. The normalized spacial score (nSPS) is 14.0. The van der Waals surface area contributed by atoms with Gasteiger partial charge in [0.05, 0.1) is 7.11 Å². The monoisotopic (exact) mass is 448 g/mol. The van der Waals surface area contributed by atoms with Gasteiger partial charge in [0.1, 0.15) is 12.3 Å². The zero-order chi connectivity index (χ0) is 23.6. The van der Waals surface area contributed by atoms with Crippen molar-refractivity contribution in [3.63, 3.8) is 0 Å². The number of carbonyl (C=O) groups excluding carboxylic acids is 3. The Hall–Kier alpha value is -2.81. The molecule has 32 heavy (non-hydrogen) atoms. The summed E-state index contributed by atoms with van der Waals surface area (Å²) in [4.78, 5) is 38.4. The van der Waals surface area contributed by atoms with E-state index in [4.69, 9.17) is 9.94 Å². The highest BCUT2D eigenvalue weighted by Gasteiger charge is 2.28. The highest BCUT2D eigenvalue weighted by Crippen LogP contribution is 2.28. The molecule has 178 valence electrons. The number of rotatable bonds is 11. The summed E-state index contributed by atoms with van der Waals surface area (Å²) in [5, 5.41) is 14.4. The van der Waals surface area contributed by atoms with Gasteiger partial charge in [0.2, 0.25) is 5.91 Å². The Morgan fingerprint density at radius 3 is 2.59 bits per heavy atom. The lowest BCUT2D eigenvalue weighted by Gasteiger charge is -2.29. The molecule has 0 aromatic heterocycles. The predicted molar refractivity (Wildman–Crippen MR) is 121 cm³/mol. The zero-order valence-corrected chi connectivity index (χ0v) is 19.3. The number of urea groups is 1. The molecule has 0 atom stereocenters. The van der Waals surface area contributed by atoms with Crippen molar-refractivity contribution in [2.24, 2.45) is 11.3 Å². The third-order valence-corrected chi connectivity index (χ3v) is 5.78. The van der Waals surface area contributed by atoms with Crippen LogP contribution in [0.25, 0.3) is 0 Å². The number of ether oxygens (including phenoxy) is 1. The fourth-order valence-electron chi connectivity index (χ4n) is 3.92. The number of amides is 4. The first-order valence-corrected chi connectivity index (χ1v) is 11.1. The van der Waals surface area contributed by atoms with Crippen molar-refractivity contribution in [2.45, 2.75) is 52.4 Å². The van der Waals surface area contributed by atoms with E-state index in [1.54, 1.807) is 36.9 Å². The smallest absolute Gasteiger partial charge is 0.319 e. The van der Waals surface area contributed by atoms with Crippen LogP contribution in [0.15, 0.2) is 24.3 Å². The molecule has 9 nitrogen and oxygen atoms in total. The van der Waals surface area contributed by atoms with E-state index >= 15 is 0 Å². The molecule has 0 radical (unpaired) electrons. The summed E-state index contributed by atoms with van der Waals surface area (Å²) in [7, 11) is 1.56. The number of hydrogen-bond acceptors (Lipinski definition) is 5. The molecule has 0 heterocycles. The number of carbonyl (C=O) groups is 3. The molecule has 1 aromatic rings. The molecule has 1 fully saturated rings. The first-order valence-electron chi connectivity index (χ1n) is 11.1. The first kappa shape index (κ1) is 25.5. The Labute approximate surface area is 189 Å². The second-order valence-corrected chi connectivity index (χ2v) is 9.17. The number of anilines is 1. The number of benzene rings is 1. The molecule has 0 unspecified atom stereocenters. The Morgan fingerprint density at radius 2 is 1.94 bits per heavy atom. The van der Waals surface area contributed by atoms with Crippen molar-refractivity contribution >= 4 is 23.5 Å². The lowest BCUT2D eigenvalue weighted by Crippen LogP contribution is -2.44. The minimum atomic E-state index is -0.613. The number of hydroxylamine groups is 1. The van der Waals surface area contributed by atoms with E-state index in [0.717, 1.165) is 19.3 Å². The molecular weight excluding hydrogens is 412 g/mol. The van der Waals surface area contributed by atoms with E-state index < -0.39 is 11.3 Å². The Morgan fingerprint density at radius 1 is 1.22 bits per heavy atom. The standard InChI is InChI=1S/C23H36N4O5/c1-23(2,16-24-22(30)25-18-9-6-10-19(13-18)32-3)14-21(29)27(15-20(28)26-31)12-11-17-7-4-5-8-17/h6,9-10,13,17,31H,4-5,7-8,11-12,14-16H2,1-3H3,(H,26,28)(H2,24,25,30). The van der Waals surface area contributed by atoms with Gasteiger partial charge in [0.15, 0.2) is 0 Å². The van der Waals surface area contributed by atoms with E-state index in [-0.39, 0.29) is 31.4 Å². The van der Waals surface area contributed by atoms with Gasteiger partial charge >= 0.3 is 6.03 Å². The zero-order valence-electron chi connectivity index (χ0n) is 19.3. The summed E-state index contributed by atoms with van der Waals surface area (Å²) in [6.07, 6.45) is 5.76. The van der Waals surface area contributed by atoms with Crippen molar-refractivity contribution in [2.75, 3.05) is 32.1 Å². The van der Waals surface area contributed by atoms with E-state index in [9.17, 15) is 14.4 Å². The lowest BCUT2D eigenvalue weighted by atomic mass is 9.88. The molecule has 0 spiro atoms. The SMILES string of the molecule is COc1cccc(NC(=O)NCC(C)(C)CC(=O)N(CCC2CCCC2)CC(=O)NO)c1. The first-order chi connectivity index (χ1) is 15.2. The minimum Gasteiger partial charge on any atom is -0.497 e. The van der Waals surface area contributed by atoms with Gasteiger partial charge in [0.25, 0.3) is 5.91 Å². The van der Waals surface area contributed by atoms with Crippen molar-refractivity contribution in [3.05, 3.63) is 24.3 Å². The van der Waals surface area contributed by atoms with E-state index in [1.165, 1.54) is 17.7 Å². The van der Waals surface area contributed by atoms with Crippen LogP contribution in [0.1, 0.15) is 52.4 Å². The molecule has 2 rings (SSSR count). The highest BCUT2D eigenvalue weighted by atomic mass is 16.5. The van der Waals surface area contributed by atoms with E-state index in [2.05, 4.69) is 10.6 Å². The van der Waals surface area contributed by atoms with Crippen LogP contribution in [0.2, 0.25) is 0 Å². The van der Waals surface area contributed by atoms with Gasteiger partial charge in [-0.25, -0.2) is 10.3 Å². The highest BCUT2D eigenvalue weighted by molar-refractivity contribution is 5.89. The molecule has 0 saturated heterocycles. The van der Waals surface area contributed by atoms with Crippen LogP contribution in [0.3, 0.4) is 0 Å². The van der Waals surface area contributed by atoms with Gasteiger partial charge in [-0.05, 0) is 29.9 Å². The topological polar surface area (TPSA) is 120 Å². The number of nitrogens with one attached hydrogen (secondary N) is 3. The van der Waals surface area contributed by atoms with Crippen molar-refractivity contribution < 1.29 is 24.3 Å². The second kappa shape index (κ2) is 12.3. The van der Waals surface area contributed by atoms with Gasteiger partial charge in [-0.2, -0.15) is 0 Å². The summed E-state index contributed by atoms with van der Waals surface area (Å²) in [6.45, 7) is 4.35. The minimum absolute atomic E-state index is 0.163. The van der Waals surface area contributed by atoms with Gasteiger partial charge in [-0.15, -0.1) is 0 Å². The van der Waals surface area contributed by atoms with Crippen LogP contribution in [0.5, 0.6) is 5.75 Å². The average Bonchev–Trinajstić information content (AvgIpc) is 3.28. The van der Waals surface area contributed by atoms with Crippen LogP contribution in [0.4, 0.5) is 10.5 Å². The van der Waals surface area contributed by atoms with Crippen molar-refractivity contribution in [1.82, 2.24) is 15.7 Å². The fourth-order valence-corrected chi connectivity index (χ4v) is 3.92. The van der Waals surface area contributed by atoms with E-state index in [1.807, 2.05) is 13.8 Å². The summed E-state index contributed by atoms with van der Waals surface area (Å²) in [5.74, 6) is 0.431. The maximum atomic E-state index is 12.9. The number of hydrogen-bond donors (Lipinski definition) is 4. The van der Waals surface area contributed by atoms with Gasteiger partial charge < -0.3 is 20.3 Å². The van der Waals surface area contributed by atoms with Crippen LogP contribution >= 0.6 is 0 Å². The molecule has 4 N–H and O–H groups in total. The van der Waals surface area contributed by atoms with Gasteiger partial charge in [0, 0.05) is 31.3 Å². The molecule has 0 bridgehead atoms. The maximum Gasteiger partial charge on any atom is 0.319 e. The quantitative estimate of drug-likeness (QED) is 0.306. The molecule has 1 saturated carbocycles. The van der Waals surface area contributed by atoms with E-state index in [0.29, 0.717) is 23.9 Å². The van der Waals surface area contributed by atoms with Crippen LogP contribution in [-0.2, 0) is 9.59 Å². The van der Waals surface area contributed by atoms with Crippen LogP contribution in [-0.4, -0.2) is 54.7 Å². The average molecular weight is 449 g/mol. The molecule has 0 aliphatic heterocycles. The summed E-state index contributed by atoms with van der Waals surface area (Å²) in [5.41, 5.74) is 1.68. The van der Waals surface area contributed by atoms with Crippen molar-refractivity contribution in [1.29, 1.82) is 0 Å². The Balaban J connectivity index is 1.87. The van der Waals surface area contributed by atoms with Gasteiger partial charge in [-0.3, -0.25) is 14.8 Å². The predicted octanol–water partition coefficient (Wildman–Crippen LogP) is 3.15. The third kappa shape index (κ3) is 8.74. The second-order valence-electron chi connectivity index (χ2n) is 9.17. The molecule has 1 aliphatic carbocycles. The van der Waals surface area contributed by atoms with Crippen LogP contribution in [0, 0.1) is 11.3 Å². The van der Waals surface area contributed by atoms with Gasteiger partial charge in [-0.1, -0.05) is 45.6 Å².